The molecule has 2 aromatic rings. The van der Waals surface area contributed by atoms with E-state index in [1.165, 1.54) is 11.1 Å². The van der Waals surface area contributed by atoms with Crippen LogP contribution in [0.5, 0.6) is 11.5 Å². The molecule has 0 spiro atoms. The molecule has 0 atom stereocenters. The Kier molecular flexibility index (Phi) is 9.47. The van der Waals surface area contributed by atoms with E-state index in [2.05, 4.69) is 15.2 Å². The van der Waals surface area contributed by atoms with Crippen molar-refractivity contribution in [3.05, 3.63) is 47.4 Å². The van der Waals surface area contributed by atoms with Gasteiger partial charge in [-0.3, -0.25) is 4.79 Å². The summed E-state index contributed by atoms with van der Waals surface area (Å²) < 4.78 is 16.3. The van der Waals surface area contributed by atoms with Crippen molar-refractivity contribution in [1.29, 1.82) is 0 Å². The first-order valence-electron chi connectivity index (χ1n) is 10.0. The molecule has 1 aromatic heterocycles. The summed E-state index contributed by atoms with van der Waals surface area (Å²) in [6.07, 6.45) is 3.27. The smallest absolute Gasteiger partial charge is 0.243 e. The van der Waals surface area contributed by atoms with Gasteiger partial charge in [-0.2, -0.15) is 0 Å². The number of carbonyl (C=O) groups is 1. The van der Waals surface area contributed by atoms with Crippen LogP contribution in [0.2, 0.25) is 0 Å². The number of guanidine groups is 1. The maximum Gasteiger partial charge on any atom is 0.243 e. The molecule has 1 amide bonds. The number of hydrogen-bond donors (Lipinski definition) is 1. The topological polar surface area (TPSA) is 79.5 Å². The second-order valence-electron chi connectivity index (χ2n) is 7.33. The van der Waals surface area contributed by atoms with Crippen molar-refractivity contribution >= 4 is 35.8 Å². The minimum atomic E-state index is -0.0378. The Morgan fingerprint density at radius 2 is 1.94 bits per heavy atom. The number of ether oxygens (including phenoxy) is 2. The molecule has 0 aliphatic carbocycles. The highest BCUT2D eigenvalue weighted by Crippen LogP contribution is 2.33. The summed E-state index contributed by atoms with van der Waals surface area (Å²) in [6.45, 7) is 2.24. The van der Waals surface area contributed by atoms with Crippen molar-refractivity contribution in [1.82, 2.24) is 15.1 Å². The zero-order valence-corrected chi connectivity index (χ0v) is 20.8. The third-order valence-electron chi connectivity index (χ3n) is 5.12. The van der Waals surface area contributed by atoms with Gasteiger partial charge in [0.05, 0.1) is 20.5 Å². The number of hydrogen-bond acceptors (Lipinski definition) is 5. The summed E-state index contributed by atoms with van der Waals surface area (Å²) in [5, 5.41) is 3.39. The van der Waals surface area contributed by atoms with Crippen LogP contribution in [0.25, 0.3) is 0 Å². The third-order valence-corrected chi connectivity index (χ3v) is 5.12. The summed E-state index contributed by atoms with van der Waals surface area (Å²) in [6, 6.07) is 7.89. The van der Waals surface area contributed by atoms with Gasteiger partial charge in [-0.1, -0.05) is 0 Å². The van der Waals surface area contributed by atoms with Crippen LogP contribution in [0.4, 0.5) is 0 Å². The fourth-order valence-electron chi connectivity index (χ4n) is 3.37. The van der Waals surface area contributed by atoms with Crippen molar-refractivity contribution < 1.29 is 18.7 Å². The standard InChI is InChI=1S/C22H30N4O4.HI/c1-25(2)21(27)14-24-22(23-9-7-18-6-5-11-30-18)26-10-8-16-12-19(28-3)20(29-4)13-17(16)15-26;/h5-6,11-13H,7-10,14-15H2,1-4H3,(H,23,24);1H. The monoisotopic (exact) mass is 542 g/mol. The molecule has 31 heavy (non-hydrogen) atoms. The van der Waals surface area contributed by atoms with Gasteiger partial charge in [-0.05, 0) is 41.8 Å². The first kappa shape index (κ1) is 24.8. The van der Waals surface area contributed by atoms with Crippen molar-refractivity contribution in [3.8, 4) is 11.5 Å². The van der Waals surface area contributed by atoms with Crippen LogP contribution in [-0.4, -0.2) is 69.6 Å². The molecule has 0 saturated carbocycles. The van der Waals surface area contributed by atoms with Crippen LogP contribution in [-0.2, 0) is 24.2 Å². The van der Waals surface area contributed by atoms with E-state index in [0.29, 0.717) is 18.8 Å². The number of nitrogens with zero attached hydrogens (tertiary/aromatic N) is 3. The van der Waals surface area contributed by atoms with Crippen molar-refractivity contribution in [2.75, 3.05) is 47.9 Å². The predicted molar refractivity (Wildman–Crippen MR) is 130 cm³/mol. The van der Waals surface area contributed by atoms with Crippen LogP contribution >= 0.6 is 24.0 Å². The number of methoxy groups -OCH3 is 2. The molecular weight excluding hydrogens is 511 g/mol. The zero-order valence-electron chi connectivity index (χ0n) is 18.5. The largest absolute Gasteiger partial charge is 0.493 e. The molecule has 170 valence electrons. The highest BCUT2D eigenvalue weighted by molar-refractivity contribution is 14.0. The molecule has 1 aliphatic heterocycles. The molecule has 1 aliphatic rings. The number of likely N-dealkylation sites (N-methyl/N-ethyl adjacent to an activating group) is 1. The first-order valence-corrected chi connectivity index (χ1v) is 10.0. The minimum absolute atomic E-state index is 0. The summed E-state index contributed by atoms with van der Waals surface area (Å²) in [5.74, 6) is 3.05. The maximum atomic E-state index is 12.1. The molecule has 0 bridgehead atoms. The number of fused-ring (bicyclic) bond motifs is 1. The lowest BCUT2D eigenvalue weighted by atomic mass is 9.99. The molecular formula is C22H31IN4O4. The lowest BCUT2D eigenvalue weighted by molar-refractivity contribution is -0.127. The van der Waals surface area contributed by atoms with E-state index >= 15 is 0 Å². The van der Waals surface area contributed by atoms with Crippen molar-refractivity contribution in [2.24, 2.45) is 4.99 Å². The summed E-state index contributed by atoms with van der Waals surface area (Å²) in [4.78, 5) is 20.4. The Hall–Kier alpha value is -2.43. The maximum absolute atomic E-state index is 12.1. The van der Waals surface area contributed by atoms with Crippen LogP contribution in [0, 0.1) is 0 Å². The number of benzene rings is 1. The van der Waals surface area contributed by atoms with Gasteiger partial charge in [0, 0.05) is 40.2 Å². The number of rotatable bonds is 7. The average molecular weight is 542 g/mol. The highest BCUT2D eigenvalue weighted by Gasteiger charge is 2.22. The van der Waals surface area contributed by atoms with Crippen LogP contribution in [0.3, 0.4) is 0 Å². The van der Waals surface area contributed by atoms with E-state index < -0.39 is 0 Å². The highest BCUT2D eigenvalue weighted by atomic mass is 127. The van der Waals surface area contributed by atoms with E-state index in [9.17, 15) is 4.79 Å². The van der Waals surface area contributed by atoms with Gasteiger partial charge in [0.1, 0.15) is 12.3 Å². The van der Waals surface area contributed by atoms with Gasteiger partial charge >= 0.3 is 0 Å². The lowest BCUT2D eigenvalue weighted by Crippen LogP contribution is -2.45. The molecule has 0 unspecified atom stereocenters. The quantitative estimate of drug-likeness (QED) is 0.329. The van der Waals surface area contributed by atoms with E-state index in [0.717, 1.165) is 36.9 Å². The fourth-order valence-corrected chi connectivity index (χ4v) is 3.37. The van der Waals surface area contributed by atoms with E-state index in [4.69, 9.17) is 13.9 Å². The average Bonchev–Trinajstić information content (AvgIpc) is 3.27. The van der Waals surface area contributed by atoms with E-state index in [1.807, 2.05) is 24.3 Å². The Morgan fingerprint density at radius 1 is 1.23 bits per heavy atom. The van der Waals surface area contributed by atoms with Gasteiger partial charge in [0.2, 0.25) is 5.91 Å². The summed E-state index contributed by atoms with van der Waals surface area (Å²) >= 11 is 0. The van der Waals surface area contributed by atoms with Crippen LogP contribution in [0.1, 0.15) is 16.9 Å². The molecule has 1 aromatic carbocycles. The number of carbonyl (C=O) groups excluding carboxylic acids is 1. The Bertz CT molecular complexity index is 884. The molecule has 0 saturated heterocycles. The Labute approximate surface area is 200 Å². The summed E-state index contributed by atoms with van der Waals surface area (Å²) in [7, 11) is 6.76. The summed E-state index contributed by atoms with van der Waals surface area (Å²) in [5.41, 5.74) is 2.40. The van der Waals surface area contributed by atoms with Crippen molar-refractivity contribution in [3.63, 3.8) is 0 Å². The van der Waals surface area contributed by atoms with Crippen molar-refractivity contribution in [2.45, 2.75) is 19.4 Å². The van der Waals surface area contributed by atoms with Gasteiger partial charge in [-0.15, -0.1) is 24.0 Å². The number of halogens is 1. The molecule has 8 nitrogen and oxygen atoms in total. The van der Waals surface area contributed by atoms with Crippen LogP contribution in [0.15, 0.2) is 39.9 Å². The second-order valence-corrected chi connectivity index (χ2v) is 7.33. The fraction of sp³-hybridized carbons (Fsp3) is 0.455. The van der Waals surface area contributed by atoms with Gasteiger partial charge in [0.25, 0.3) is 0 Å². The van der Waals surface area contributed by atoms with E-state index in [-0.39, 0.29) is 36.4 Å². The molecule has 0 radical (unpaired) electrons. The van der Waals surface area contributed by atoms with Crippen LogP contribution < -0.4 is 14.8 Å². The number of amides is 1. The molecule has 0 fully saturated rings. The Morgan fingerprint density at radius 3 is 2.55 bits per heavy atom. The number of nitrogens with one attached hydrogen (secondary N) is 1. The SMILES string of the molecule is COc1cc2c(cc1OC)CN(C(=NCC(=O)N(C)C)NCCc1ccco1)CC2.I. The number of furan rings is 1. The second kappa shape index (κ2) is 11.8. The van der Waals surface area contributed by atoms with Gasteiger partial charge in [0.15, 0.2) is 17.5 Å². The molecule has 1 N–H and O–H groups in total. The zero-order chi connectivity index (χ0) is 21.5. The van der Waals surface area contributed by atoms with Gasteiger partial charge in [-0.25, -0.2) is 4.99 Å². The normalized spacial score (nSPS) is 13.2. The third kappa shape index (κ3) is 6.52. The minimum Gasteiger partial charge on any atom is -0.493 e. The van der Waals surface area contributed by atoms with Gasteiger partial charge < -0.3 is 29.0 Å². The Balaban J connectivity index is 0.00000341. The molecule has 3 rings (SSSR count). The van der Waals surface area contributed by atoms with E-state index in [1.54, 1.807) is 39.5 Å². The predicted octanol–water partition coefficient (Wildman–Crippen LogP) is 2.55. The molecule has 2 heterocycles. The first-order chi connectivity index (χ1) is 14.5. The number of aliphatic imine (C=N–C) groups is 1. The molecule has 9 heteroatoms. The lowest BCUT2D eigenvalue weighted by Gasteiger charge is -2.32.